The molecule has 2 rings (SSSR count). The van der Waals surface area contributed by atoms with E-state index in [2.05, 4.69) is 25.8 Å². The molecule has 2 aromatic heterocycles. The highest BCUT2D eigenvalue weighted by atomic mass is 127. The van der Waals surface area contributed by atoms with Gasteiger partial charge in [0, 0.05) is 13.6 Å². The normalized spacial score (nSPS) is 14.0. The van der Waals surface area contributed by atoms with Crippen molar-refractivity contribution < 1.29 is 9.52 Å². The van der Waals surface area contributed by atoms with Gasteiger partial charge in [-0.3, -0.25) is 0 Å². The van der Waals surface area contributed by atoms with E-state index in [9.17, 15) is 5.11 Å². The molecule has 0 spiro atoms. The lowest BCUT2D eigenvalue weighted by molar-refractivity contribution is 0.0378. The van der Waals surface area contributed by atoms with E-state index >= 15 is 0 Å². The molecule has 9 heteroatoms. The Kier molecular flexibility index (Phi) is 7.67. The van der Waals surface area contributed by atoms with Crippen molar-refractivity contribution in [3.05, 3.63) is 35.8 Å². The average molecular weight is 448 g/mol. The fourth-order valence-electron chi connectivity index (χ4n) is 2.01. The van der Waals surface area contributed by atoms with Gasteiger partial charge in [-0.25, -0.2) is 4.99 Å². The molecule has 2 heterocycles. The van der Waals surface area contributed by atoms with Gasteiger partial charge in [0.25, 0.3) is 0 Å². The summed E-state index contributed by atoms with van der Waals surface area (Å²) in [5, 5.41) is 24.6. The lowest BCUT2D eigenvalue weighted by Crippen LogP contribution is -2.44. The summed E-state index contributed by atoms with van der Waals surface area (Å²) < 4.78 is 7.32. The van der Waals surface area contributed by atoms with Crippen LogP contribution in [0.25, 0.3) is 0 Å². The molecule has 134 valence electrons. The molecule has 0 amide bonds. The molecule has 0 aliphatic rings. The Bertz CT molecular complexity index is 664. The van der Waals surface area contributed by atoms with Gasteiger partial charge in [0.2, 0.25) is 0 Å². The maximum absolute atomic E-state index is 10.5. The second-order valence-electron chi connectivity index (χ2n) is 5.59. The van der Waals surface area contributed by atoms with Crippen LogP contribution in [0, 0.1) is 6.92 Å². The number of aromatic nitrogens is 3. The van der Waals surface area contributed by atoms with Crippen molar-refractivity contribution in [1.82, 2.24) is 25.4 Å². The molecule has 0 aliphatic carbocycles. The lowest BCUT2D eigenvalue weighted by Gasteiger charge is -2.22. The van der Waals surface area contributed by atoms with Gasteiger partial charge in [0.15, 0.2) is 11.8 Å². The van der Waals surface area contributed by atoms with Crippen molar-refractivity contribution >= 4 is 29.9 Å². The first-order chi connectivity index (χ1) is 10.9. The van der Waals surface area contributed by atoms with Gasteiger partial charge in [-0.1, -0.05) is 0 Å². The first kappa shape index (κ1) is 20.4. The highest BCUT2D eigenvalue weighted by Crippen LogP contribution is 2.21. The van der Waals surface area contributed by atoms with Crippen LogP contribution in [-0.4, -0.2) is 38.9 Å². The zero-order valence-corrected chi connectivity index (χ0v) is 16.7. The Morgan fingerprint density at radius 1 is 1.42 bits per heavy atom. The van der Waals surface area contributed by atoms with Crippen molar-refractivity contribution in [3.63, 3.8) is 0 Å². The zero-order valence-electron chi connectivity index (χ0n) is 14.4. The van der Waals surface area contributed by atoms with Gasteiger partial charge in [0.05, 0.1) is 6.54 Å². The van der Waals surface area contributed by atoms with Crippen LogP contribution in [0.1, 0.15) is 31.2 Å². The number of nitrogens with zero attached hydrogens (tertiary/aromatic N) is 4. The van der Waals surface area contributed by atoms with Gasteiger partial charge >= 0.3 is 0 Å². The van der Waals surface area contributed by atoms with Crippen molar-refractivity contribution in [2.45, 2.75) is 32.9 Å². The quantitative estimate of drug-likeness (QED) is 0.350. The Morgan fingerprint density at radius 2 is 2.17 bits per heavy atom. The summed E-state index contributed by atoms with van der Waals surface area (Å²) in [4.78, 5) is 4.45. The van der Waals surface area contributed by atoms with Crippen LogP contribution in [0.2, 0.25) is 0 Å². The van der Waals surface area contributed by atoms with E-state index in [-0.39, 0.29) is 30.5 Å². The van der Waals surface area contributed by atoms with Crippen LogP contribution in [0.5, 0.6) is 0 Å². The van der Waals surface area contributed by atoms with Crippen LogP contribution in [0.4, 0.5) is 0 Å². The molecule has 8 nitrogen and oxygen atoms in total. The minimum atomic E-state index is -1.13. The van der Waals surface area contributed by atoms with Crippen molar-refractivity contribution in [2.24, 2.45) is 12.0 Å². The van der Waals surface area contributed by atoms with Gasteiger partial charge in [-0.2, -0.15) is 0 Å². The first-order valence-electron chi connectivity index (χ1n) is 7.56. The summed E-state index contributed by atoms with van der Waals surface area (Å²) in [5.41, 5.74) is -1.13. The number of rotatable bonds is 6. The molecule has 0 fully saturated rings. The fourth-order valence-corrected chi connectivity index (χ4v) is 2.01. The second kappa shape index (κ2) is 9.02. The molecule has 0 aromatic carbocycles. The van der Waals surface area contributed by atoms with Crippen molar-refractivity contribution in [1.29, 1.82) is 0 Å². The standard InChI is InChI=1S/C15H24N6O2.HI/c1-5-16-14(17-8-13-20-19-10-21(13)4)18-9-15(3,22)12-7-6-11(2)23-12;/h6-7,10,22H,5,8-9H2,1-4H3,(H2,16,17,18);1H. The molecule has 0 aliphatic heterocycles. The summed E-state index contributed by atoms with van der Waals surface area (Å²) in [5.74, 6) is 2.64. The molecule has 3 N–H and O–H groups in total. The number of furan rings is 1. The SMILES string of the molecule is CCNC(=NCc1nncn1C)NCC(C)(O)c1ccc(C)o1.I. The molecule has 2 aromatic rings. The summed E-state index contributed by atoms with van der Waals surface area (Å²) in [7, 11) is 1.87. The summed E-state index contributed by atoms with van der Waals surface area (Å²) in [6.07, 6.45) is 1.63. The number of aryl methyl sites for hydroxylation is 2. The summed E-state index contributed by atoms with van der Waals surface area (Å²) in [6.45, 7) is 6.91. The number of aliphatic hydroxyl groups is 1. The van der Waals surface area contributed by atoms with Gasteiger partial charge in [-0.15, -0.1) is 34.2 Å². The van der Waals surface area contributed by atoms with Crippen LogP contribution >= 0.6 is 24.0 Å². The predicted molar refractivity (Wildman–Crippen MR) is 102 cm³/mol. The molecule has 1 atom stereocenters. The Labute approximate surface area is 158 Å². The van der Waals surface area contributed by atoms with Crippen LogP contribution in [0.3, 0.4) is 0 Å². The van der Waals surface area contributed by atoms with Gasteiger partial charge in [-0.05, 0) is 32.9 Å². The summed E-state index contributed by atoms with van der Waals surface area (Å²) >= 11 is 0. The maximum atomic E-state index is 10.5. The Morgan fingerprint density at radius 3 is 2.71 bits per heavy atom. The highest BCUT2D eigenvalue weighted by molar-refractivity contribution is 14.0. The van der Waals surface area contributed by atoms with E-state index in [1.165, 1.54) is 0 Å². The molecular weight excluding hydrogens is 423 g/mol. The van der Waals surface area contributed by atoms with Crippen molar-refractivity contribution in [2.75, 3.05) is 13.1 Å². The van der Waals surface area contributed by atoms with E-state index in [1.807, 2.05) is 31.5 Å². The third-order valence-electron chi connectivity index (χ3n) is 3.40. The van der Waals surface area contributed by atoms with Crippen LogP contribution in [0.15, 0.2) is 27.9 Å². The van der Waals surface area contributed by atoms with Crippen LogP contribution < -0.4 is 10.6 Å². The predicted octanol–water partition coefficient (Wildman–Crippen LogP) is 1.30. The number of nitrogens with one attached hydrogen (secondary N) is 2. The highest BCUT2D eigenvalue weighted by Gasteiger charge is 2.27. The number of aliphatic imine (C=N–C) groups is 1. The molecule has 0 saturated carbocycles. The smallest absolute Gasteiger partial charge is 0.191 e. The Hall–Kier alpha value is -1.62. The number of halogens is 1. The number of hydrogen-bond acceptors (Lipinski definition) is 5. The monoisotopic (exact) mass is 448 g/mol. The van der Waals surface area contributed by atoms with E-state index in [0.29, 0.717) is 24.8 Å². The van der Waals surface area contributed by atoms with E-state index < -0.39 is 5.60 Å². The third-order valence-corrected chi connectivity index (χ3v) is 3.40. The molecule has 1 unspecified atom stereocenters. The minimum Gasteiger partial charge on any atom is -0.463 e. The van der Waals surface area contributed by atoms with E-state index in [1.54, 1.807) is 19.3 Å². The van der Waals surface area contributed by atoms with Gasteiger partial charge < -0.3 is 24.7 Å². The van der Waals surface area contributed by atoms with E-state index in [0.717, 1.165) is 11.6 Å². The third kappa shape index (κ3) is 5.48. The maximum Gasteiger partial charge on any atom is 0.191 e. The summed E-state index contributed by atoms with van der Waals surface area (Å²) in [6, 6.07) is 3.61. The minimum absolute atomic E-state index is 0. The zero-order chi connectivity index (χ0) is 16.9. The van der Waals surface area contributed by atoms with E-state index in [4.69, 9.17) is 4.42 Å². The molecule has 0 bridgehead atoms. The largest absolute Gasteiger partial charge is 0.463 e. The number of hydrogen-bond donors (Lipinski definition) is 3. The van der Waals surface area contributed by atoms with Crippen molar-refractivity contribution in [3.8, 4) is 0 Å². The lowest BCUT2D eigenvalue weighted by atomic mass is 10.0. The molecular formula is C15H25IN6O2. The topological polar surface area (TPSA) is 100 Å². The molecule has 0 radical (unpaired) electrons. The van der Waals surface area contributed by atoms with Crippen LogP contribution in [-0.2, 0) is 19.2 Å². The Balaban J connectivity index is 0.00000288. The first-order valence-corrected chi connectivity index (χ1v) is 7.56. The fraction of sp³-hybridized carbons (Fsp3) is 0.533. The average Bonchev–Trinajstić information content (AvgIpc) is 3.11. The molecule has 0 saturated heterocycles. The second-order valence-corrected chi connectivity index (χ2v) is 5.59. The van der Waals surface area contributed by atoms with Gasteiger partial charge in [0.1, 0.15) is 30.0 Å². The number of guanidine groups is 1. The molecule has 24 heavy (non-hydrogen) atoms.